The number of rotatable bonds is 6. The van der Waals surface area contributed by atoms with E-state index in [2.05, 4.69) is 10.3 Å². The number of benzene rings is 1. The van der Waals surface area contributed by atoms with Gasteiger partial charge in [0.2, 0.25) is 0 Å². The van der Waals surface area contributed by atoms with Crippen molar-refractivity contribution >= 4 is 5.84 Å². The molecule has 0 amide bonds. The highest BCUT2D eigenvalue weighted by atomic mass is 16.5. The highest BCUT2D eigenvalue weighted by Crippen LogP contribution is 2.19. The molecule has 6 heteroatoms. The smallest absolute Gasteiger partial charge is 0.170 e. The second kappa shape index (κ2) is 6.78. The van der Waals surface area contributed by atoms with Gasteiger partial charge in [-0.1, -0.05) is 10.3 Å². The Morgan fingerprint density at radius 1 is 1.43 bits per heavy atom. The van der Waals surface area contributed by atoms with Crippen LogP contribution in [0, 0.1) is 13.8 Å². The van der Waals surface area contributed by atoms with E-state index in [9.17, 15) is 0 Å². The maximum Gasteiger partial charge on any atom is 0.170 e. The Bertz CT molecular complexity index is 635. The Hall–Kier alpha value is -2.50. The fourth-order valence-corrected chi connectivity index (χ4v) is 2.03. The van der Waals surface area contributed by atoms with E-state index >= 15 is 0 Å². The van der Waals surface area contributed by atoms with Gasteiger partial charge in [-0.05, 0) is 50.5 Å². The topological polar surface area (TPSA) is 93.9 Å². The summed E-state index contributed by atoms with van der Waals surface area (Å²) in [7, 11) is 0. The number of oxime groups is 1. The van der Waals surface area contributed by atoms with Crippen LogP contribution in [0.25, 0.3) is 0 Å². The van der Waals surface area contributed by atoms with Gasteiger partial charge in [-0.25, -0.2) is 0 Å². The highest BCUT2D eigenvalue weighted by molar-refractivity contribution is 5.97. The van der Waals surface area contributed by atoms with Gasteiger partial charge in [0.1, 0.15) is 12.0 Å². The van der Waals surface area contributed by atoms with Crippen molar-refractivity contribution in [3.63, 3.8) is 0 Å². The van der Waals surface area contributed by atoms with Gasteiger partial charge in [0, 0.05) is 11.1 Å². The van der Waals surface area contributed by atoms with Gasteiger partial charge in [-0.2, -0.15) is 0 Å². The Balaban J connectivity index is 1.87. The zero-order chi connectivity index (χ0) is 15.2. The van der Waals surface area contributed by atoms with Crippen molar-refractivity contribution in [3.8, 4) is 5.75 Å². The summed E-state index contributed by atoms with van der Waals surface area (Å²) in [6.07, 6.45) is 3.42. The number of hydrogen-bond acceptors (Lipinski definition) is 5. The number of ether oxygens (including phenoxy) is 1. The molecule has 2 aromatic rings. The molecule has 0 bridgehead atoms. The molecule has 6 nitrogen and oxygen atoms in total. The highest BCUT2D eigenvalue weighted by Gasteiger charge is 2.06. The monoisotopic (exact) mass is 289 g/mol. The van der Waals surface area contributed by atoms with E-state index in [0.717, 1.165) is 35.4 Å². The van der Waals surface area contributed by atoms with Crippen LogP contribution in [0.5, 0.6) is 5.75 Å². The van der Waals surface area contributed by atoms with Crippen LogP contribution in [-0.2, 0) is 6.42 Å². The van der Waals surface area contributed by atoms with Crippen molar-refractivity contribution < 1.29 is 14.5 Å². The van der Waals surface area contributed by atoms with E-state index in [0.29, 0.717) is 12.2 Å². The van der Waals surface area contributed by atoms with Crippen molar-refractivity contribution in [1.29, 1.82) is 0 Å². The molecule has 3 N–H and O–H groups in total. The molecule has 1 aromatic heterocycles. The molecule has 0 saturated carbocycles. The van der Waals surface area contributed by atoms with Crippen LogP contribution in [0.4, 0.5) is 0 Å². The van der Waals surface area contributed by atoms with E-state index < -0.39 is 0 Å². The van der Waals surface area contributed by atoms with E-state index in [4.69, 9.17) is 20.2 Å². The summed E-state index contributed by atoms with van der Waals surface area (Å²) < 4.78 is 10.6. The first-order valence-electron chi connectivity index (χ1n) is 6.73. The average molecular weight is 289 g/mol. The first kappa shape index (κ1) is 14.9. The fourth-order valence-electron chi connectivity index (χ4n) is 2.03. The van der Waals surface area contributed by atoms with Gasteiger partial charge in [-0.15, -0.1) is 0 Å². The van der Waals surface area contributed by atoms with Gasteiger partial charge in [-0.3, -0.25) is 0 Å². The van der Waals surface area contributed by atoms with Crippen LogP contribution in [0.2, 0.25) is 0 Å². The van der Waals surface area contributed by atoms with Crippen molar-refractivity contribution in [2.45, 2.75) is 26.7 Å². The van der Waals surface area contributed by atoms with Gasteiger partial charge in [0.25, 0.3) is 0 Å². The molecule has 0 aliphatic heterocycles. The summed E-state index contributed by atoms with van der Waals surface area (Å²) in [5, 5.41) is 15.5. The predicted molar refractivity (Wildman–Crippen MR) is 78.7 cm³/mol. The first-order chi connectivity index (χ1) is 10.1. The van der Waals surface area contributed by atoms with Gasteiger partial charge < -0.3 is 20.2 Å². The van der Waals surface area contributed by atoms with Crippen LogP contribution in [-0.4, -0.2) is 22.8 Å². The Morgan fingerprint density at radius 2 is 2.24 bits per heavy atom. The maximum absolute atomic E-state index is 8.65. The van der Waals surface area contributed by atoms with Crippen molar-refractivity contribution in [2.24, 2.45) is 10.9 Å². The van der Waals surface area contributed by atoms with Gasteiger partial charge >= 0.3 is 0 Å². The number of nitrogens with two attached hydrogens (primary N) is 1. The third-order valence-electron chi connectivity index (χ3n) is 3.28. The van der Waals surface area contributed by atoms with E-state index in [1.54, 1.807) is 12.3 Å². The Morgan fingerprint density at radius 3 is 2.86 bits per heavy atom. The second-order valence-electron chi connectivity index (χ2n) is 4.84. The Labute approximate surface area is 123 Å². The molecular weight excluding hydrogens is 270 g/mol. The molecule has 112 valence electrons. The van der Waals surface area contributed by atoms with Crippen molar-refractivity contribution in [2.75, 3.05) is 6.61 Å². The lowest BCUT2D eigenvalue weighted by Crippen LogP contribution is -2.13. The number of aromatic nitrogens is 1. The fraction of sp³-hybridized carbons (Fsp3) is 0.333. The number of nitrogens with zero attached hydrogens (tertiary/aromatic N) is 2. The SMILES string of the molecule is Cc1cc(C(N)=NO)ccc1OCCCc1conc1C. The van der Waals surface area contributed by atoms with Gasteiger partial charge in [0.15, 0.2) is 5.84 Å². The molecule has 0 unspecified atom stereocenters. The Kier molecular flexibility index (Phi) is 4.81. The molecule has 0 aliphatic carbocycles. The second-order valence-corrected chi connectivity index (χ2v) is 4.84. The van der Waals surface area contributed by atoms with Crippen molar-refractivity contribution in [3.05, 3.63) is 46.8 Å². The van der Waals surface area contributed by atoms with Crippen LogP contribution in [0.1, 0.15) is 28.8 Å². The third kappa shape index (κ3) is 3.75. The summed E-state index contributed by atoms with van der Waals surface area (Å²) in [6, 6.07) is 5.42. The number of amidine groups is 1. The molecule has 0 fully saturated rings. The molecule has 1 aromatic carbocycles. The van der Waals surface area contributed by atoms with E-state index in [-0.39, 0.29) is 5.84 Å². The summed E-state index contributed by atoms with van der Waals surface area (Å²) in [5.41, 5.74) is 9.20. The summed E-state index contributed by atoms with van der Waals surface area (Å²) in [5.74, 6) is 0.888. The summed E-state index contributed by atoms with van der Waals surface area (Å²) in [6.45, 7) is 4.46. The van der Waals surface area contributed by atoms with Crippen LogP contribution < -0.4 is 10.5 Å². The standard InChI is InChI=1S/C15H19N3O3/c1-10-8-12(15(16)17-19)5-6-14(10)20-7-3-4-13-9-21-18-11(13)2/h5-6,8-9,19H,3-4,7H2,1-2H3,(H2,16,17). The average Bonchev–Trinajstić information content (AvgIpc) is 2.89. The lowest BCUT2D eigenvalue weighted by Gasteiger charge is -2.10. The van der Waals surface area contributed by atoms with Crippen LogP contribution in [0.15, 0.2) is 34.1 Å². The number of aryl methyl sites for hydroxylation is 3. The molecule has 1 heterocycles. The van der Waals surface area contributed by atoms with Gasteiger partial charge in [0.05, 0.1) is 12.3 Å². The zero-order valence-corrected chi connectivity index (χ0v) is 12.2. The van der Waals surface area contributed by atoms with Crippen LogP contribution in [0.3, 0.4) is 0 Å². The summed E-state index contributed by atoms with van der Waals surface area (Å²) >= 11 is 0. The predicted octanol–water partition coefficient (Wildman–Crippen LogP) is 2.40. The molecule has 0 atom stereocenters. The largest absolute Gasteiger partial charge is 0.493 e. The molecule has 0 spiro atoms. The minimum absolute atomic E-state index is 0.0904. The molecule has 21 heavy (non-hydrogen) atoms. The quantitative estimate of drug-likeness (QED) is 0.280. The lowest BCUT2D eigenvalue weighted by atomic mass is 10.1. The summed E-state index contributed by atoms with van der Waals surface area (Å²) in [4.78, 5) is 0. The number of hydrogen-bond donors (Lipinski definition) is 2. The molecular formula is C15H19N3O3. The molecule has 2 rings (SSSR count). The third-order valence-corrected chi connectivity index (χ3v) is 3.28. The minimum Gasteiger partial charge on any atom is -0.493 e. The maximum atomic E-state index is 8.65. The normalized spacial score (nSPS) is 11.6. The van der Waals surface area contributed by atoms with E-state index in [1.807, 2.05) is 26.0 Å². The molecule has 0 radical (unpaired) electrons. The van der Waals surface area contributed by atoms with Crippen molar-refractivity contribution in [1.82, 2.24) is 5.16 Å². The molecule has 0 saturated heterocycles. The van der Waals surface area contributed by atoms with E-state index in [1.165, 1.54) is 0 Å². The van der Waals surface area contributed by atoms with Crippen LogP contribution >= 0.6 is 0 Å². The molecule has 0 aliphatic rings. The zero-order valence-electron chi connectivity index (χ0n) is 12.2. The lowest BCUT2D eigenvalue weighted by molar-refractivity contribution is 0.308. The minimum atomic E-state index is 0.0904. The first-order valence-corrected chi connectivity index (χ1v) is 6.73.